The van der Waals surface area contributed by atoms with Gasteiger partial charge in [-0.25, -0.2) is 4.79 Å². The lowest BCUT2D eigenvalue weighted by atomic mass is 9.97. The lowest BCUT2D eigenvalue weighted by Crippen LogP contribution is -2.69. The van der Waals surface area contributed by atoms with Crippen molar-refractivity contribution < 1.29 is 14.3 Å². The molecule has 1 aliphatic rings. The van der Waals surface area contributed by atoms with Gasteiger partial charge < -0.3 is 15.4 Å². The molecular formula is C10H18N2O3. The Bertz CT molecular complexity index is 270. The second kappa shape index (κ2) is 4.08. The molecule has 0 aromatic carbocycles. The van der Waals surface area contributed by atoms with Crippen LogP contribution in [-0.4, -0.2) is 29.7 Å². The summed E-state index contributed by atoms with van der Waals surface area (Å²) in [6.45, 7) is 7.30. The highest BCUT2D eigenvalue weighted by Gasteiger charge is 2.39. The van der Waals surface area contributed by atoms with Crippen molar-refractivity contribution in [1.82, 2.24) is 10.6 Å². The maximum atomic E-state index is 11.4. The van der Waals surface area contributed by atoms with Crippen LogP contribution in [0, 0.1) is 0 Å². The molecule has 0 unspecified atom stereocenters. The molecule has 1 saturated heterocycles. The Balaban J connectivity index is 2.41. The molecule has 2 N–H and O–H groups in total. The molecule has 2 amide bonds. The Morgan fingerprint density at radius 1 is 1.53 bits per heavy atom. The number of nitrogens with one attached hydrogen (secondary N) is 2. The topological polar surface area (TPSA) is 67.4 Å². The van der Waals surface area contributed by atoms with Crippen molar-refractivity contribution in [2.75, 3.05) is 0 Å². The van der Waals surface area contributed by atoms with Gasteiger partial charge in [-0.15, -0.1) is 0 Å². The minimum atomic E-state index is -0.541. The number of carbonyl (C=O) groups excluding carboxylic acids is 2. The largest absolute Gasteiger partial charge is 0.444 e. The highest BCUT2D eigenvalue weighted by atomic mass is 16.6. The standard InChI is InChI=1S/C10H18N2O3/c1-5-6-7(8(13)11-6)12-9(14)15-10(2,3)4/h6-7H,5H2,1-4H3,(H,11,13)(H,12,14)/t6-,7-/m1/s1. The highest BCUT2D eigenvalue weighted by molar-refractivity contribution is 5.92. The number of β-lactam (4-membered cyclic amide) rings is 1. The number of alkyl carbamates (subject to hydrolysis) is 1. The van der Waals surface area contributed by atoms with Crippen LogP contribution >= 0.6 is 0 Å². The first-order valence-corrected chi connectivity index (χ1v) is 5.13. The number of hydrogen-bond donors (Lipinski definition) is 2. The van der Waals surface area contributed by atoms with Crippen molar-refractivity contribution in [2.45, 2.75) is 51.8 Å². The molecule has 0 radical (unpaired) electrons. The molecule has 0 aliphatic carbocycles. The molecule has 86 valence electrons. The van der Waals surface area contributed by atoms with E-state index in [1.54, 1.807) is 20.8 Å². The zero-order valence-electron chi connectivity index (χ0n) is 9.59. The molecular weight excluding hydrogens is 196 g/mol. The summed E-state index contributed by atoms with van der Waals surface area (Å²) in [5.74, 6) is -0.146. The van der Waals surface area contributed by atoms with Crippen LogP contribution in [0.25, 0.3) is 0 Å². The number of rotatable bonds is 2. The minimum Gasteiger partial charge on any atom is -0.444 e. The Morgan fingerprint density at radius 3 is 2.53 bits per heavy atom. The zero-order chi connectivity index (χ0) is 11.6. The molecule has 0 spiro atoms. The molecule has 1 rings (SSSR count). The minimum absolute atomic E-state index is 0.0324. The van der Waals surface area contributed by atoms with Crippen LogP contribution in [-0.2, 0) is 9.53 Å². The van der Waals surface area contributed by atoms with E-state index in [-0.39, 0.29) is 11.9 Å². The van der Waals surface area contributed by atoms with Crippen molar-refractivity contribution >= 4 is 12.0 Å². The summed E-state index contributed by atoms with van der Waals surface area (Å²) in [6.07, 6.45) is 0.257. The number of amides is 2. The maximum absolute atomic E-state index is 11.4. The van der Waals surface area contributed by atoms with E-state index in [4.69, 9.17) is 4.74 Å². The summed E-state index contributed by atoms with van der Waals surface area (Å²) in [7, 11) is 0. The second-order valence-electron chi connectivity index (χ2n) is 4.65. The molecule has 0 bridgehead atoms. The number of carbonyl (C=O) groups is 2. The average molecular weight is 214 g/mol. The molecule has 1 heterocycles. The molecule has 0 aromatic heterocycles. The lowest BCUT2D eigenvalue weighted by molar-refractivity contribution is -0.131. The van der Waals surface area contributed by atoms with E-state index in [9.17, 15) is 9.59 Å². The fourth-order valence-corrected chi connectivity index (χ4v) is 1.38. The molecule has 0 aromatic rings. The first-order valence-electron chi connectivity index (χ1n) is 5.13. The fraction of sp³-hybridized carbons (Fsp3) is 0.800. The van der Waals surface area contributed by atoms with Crippen LogP contribution in [0.1, 0.15) is 34.1 Å². The van der Waals surface area contributed by atoms with E-state index < -0.39 is 17.7 Å². The summed E-state index contributed by atoms with van der Waals surface area (Å²) < 4.78 is 5.06. The normalized spacial score (nSPS) is 25.2. The van der Waals surface area contributed by atoms with Crippen molar-refractivity contribution in [2.24, 2.45) is 0 Å². The first kappa shape index (κ1) is 11.8. The van der Waals surface area contributed by atoms with Crippen LogP contribution in [0.5, 0.6) is 0 Å². The Hall–Kier alpha value is -1.26. The van der Waals surface area contributed by atoms with E-state index in [1.165, 1.54) is 0 Å². The van der Waals surface area contributed by atoms with Gasteiger partial charge in [0.25, 0.3) is 0 Å². The van der Waals surface area contributed by atoms with Crippen LogP contribution in [0.3, 0.4) is 0 Å². The molecule has 2 atom stereocenters. The van der Waals surface area contributed by atoms with Crippen LogP contribution in [0.15, 0.2) is 0 Å². The van der Waals surface area contributed by atoms with Gasteiger partial charge in [0.05, 0.1) is 6.04 Å². The quantitative estimate of drug-likeness (QED) is 0.668. The van der Waals surface area contributed by atoms with Crippen LogP contribution in [0.4, 0.5) is 4.79 Å². The number of hydrogen-bond acceptors (Lipinski definition) is 3. The molecule has 5 nitrogen and oxygen atoms in total. The predicted molar refractivity (Wildman–Crippen MR) is 55.4 cm³/mol. The van der Waals surface area contributed by atoms with E-state index >= 15 is 0 Å². The Labute approximate surface area is 89.6 Å². The molecule has 1 fully saturated rings. The monoisotopic (exact) mass is 214 g/mol. The summed E-state index contributed by atoms with van der Waals surface area (Å²) >= 11 is 0. The third-order valence-corrected chi connectivity index (χ3v) is 2.12. The SMILES string of the molecule is CC[C@H]1NC(=O)[C@@H]1NC(=O)OC(C)(C)C. The zero-order valence-corrected chi connectivity index (χ0v) is 9.59. The lowest BCUT2D eigenvalue weighted by Gasteiger charge is -2.36. The van der Waals surface area contributed by atoms with E-state index in [2.05, 4.69) is 10.6 Å². The van der Waals surface area contributed by atoms with E-state index in [0.29, 0.717) is 0 Å². The summed E-state index contributed by atoms with van der Waals surface area (Å²) in [5.41, 5.74) is -0.536. The summed E-state index contributed by atoms with van der Waals surface area (Å²) in [6, 6.07) is -0.408. The molecule has 5 heteroatoms. The van der Waals surface area contributed by atoms with Crippen molar-refractivity contribution in [3.8, 4) is 0 Å². The second-order valence-corrected chi connectivity index (χ2v) is 4.65. The first-order chi connectivity index (χ1) is 6.83. The molecule has 0 saturated carbocycles. The van der Waals surface area contributed by atoms with Gasteiger partial charge in [-0.05, 0) is 27.2 Å². The third-order valence-electron chi connectivity index (χ3n) is 2.12. The van der Waals surface area contributed by atoms with Gasteiger partial charge in [-0.3, -0.25) is 4.79 Å². The van der Waals surface area contributed by atoms with Crippen molar-refractivity contribution in [3.05, 3.63) is 0 Å². The predicted octanol–water partition coefficient (Wildman–Crippen LogP) is 0.788. The van der Waals surface area contributed by atoms with E-state index in [0.717, 1.165) is 6.42 Å². The Kier molecular flexibility index (Phi) is 3.21. The van der Waals surface area contributed by atoms with Crippen LogP contribution in [0.2, 0.25) is 0 Å². The summed E-state index contributed by atoms with van der Waals surface area (Å²) in [4.78, 5) is 22.5. The Morgan fingerprint density at radius 2 is 2.13 bits per heavy atom. The van der Waals surface area contributed by atoms with Gasteiger partial charge in [0.2, 0.25) is 5.91 Å². The van der Waals surface area contributed by atoms with Crippen molar-refractivity contribution in [1.29, 1.82) is 0 Å². The van der Waals surface area contributed by atoms with Gasteiger partial charge in [0.15, 0.2) is 0 Å². The molecule has 1 aliphatic heterocycles. The third kappa shape index (κ3) is 3.11. The highest BCUT2D eigenvalue weighted by Crippen LogP contribution is 2.12. The van der Waals surface area contributed by atoms with E-state index in [1.807, 2.05) is 6.92 Å². The van der Waals surface area contributed by atoms with Gasteiger partial charge >= 0.3 is 6.09 Å². The van der Waals surface area contributed by atoms with Crippen LogP contribution < -0.4 is 10.6 Å². The smallest absolute Gasteiger partial charge is 0.408 e. The summed E-state index contributed by atoms with van der Waals surface area (Å²) in [5, 5.41) is 5.25. The molecule has 15 heavy (non-hydrogen) atoms. The van der Waals surface area contributed by atoms with Gasteiger partial charge in [-0.1, -0.05) is 6.92 Å². The fourth-order valence-electron chi connectivity index (χ4n) is 1.38. The number of ether oxygens (including phenoxy) is 1. The van der Waals surface area contributed by atoms with Gasteiger partial charge in [-0.2, -0.15) is 0 Å². The van der Waals surface area contributed by atoms with Crippen molar-refractivity contribution in [3.63, 3.8) is 0 Å². The average Bonchev–Trinajstić information content (AvgIpc) is 2.07. The maximum Gasteiger partial charge on any atom is 0.408 e. The van der Waals surface area contributed by atoms with Gasteiger partial charge in [0, 0.05) is 0 Å². The van der Waals surface area contributed by atoms with Gasteiger partial charge in [0.1, 0.15) is 11.6 Å².